The van der Waals surface area contributed by atoms with Gasteiger partial charge in [0.1, 0.15) is 6.61 Å². The number of likely N-dealkylation sites (tertiary alicyclic amines) is 1. The Labute approximate surface area is 181 Å². The van der Waals surface area contributed by atoms with E-state index in [1.54, 1.807) is 30.3 Å². The van der Waals surface area contributed by atoms with E-state index in [2.05, 4.69) is 0 Å². The summed E-state index contributed by atoms with van der Waals surface area (Å²) in [6.07, 6.45) is 1.53. The van der Waals surface area contributed by atoms with Crippen molar-refractivity contribution in [2.75, 3.05) is 19.6 Å². The zero-order valence-electron chi connectivity index (χ0n) is 17.1. The normalized spacial score (nSPS) is 19.5. The van der Waals surface area contributed by atoms with Crippen molar-refractivity contribution in [2.45, 2.75) is 37.0 Å². The van der Waals surface area contributed by atoms with E-state index in [4.69, 9.17) is 4.74 Å². The second kappa shape index (κ2) is 8.30. The molecule has 2 atom stereocenters. The lowest BCUT2D eigenvalue weighted by Gasteiger charge is -2.25. The molecule has 4 rings (SSSR count). The maximum Gasteiger partial charge on any atom is 0.338 e. The van der Waals surface area contributed by atoms with Crippen LogP contribution in [0.5, 0.6) is 0 Å². The third kappa shape index (κ3) is 3.90. The number of esters is 1. The highest BCUT2D eigenvalue weighted by molar-refractivity contribution is 7.89. The predicted molar refractivity (Wildman–Crippen MR) is 111 cm³/mol. The molecule has 162 valence electrons. The van der Waals surface area contributed by atoms with Crippen LogP contribution in [-0.4, -0.2) is 54.4 Å². The molecule has 1 N–H and O–H groups in total. The second-order valence-corrected chi connectivity index (χ2v) is 9.63. The fourth-order valence-corrected chi connectivity index (χ4v) is 5.68. The molecule has 0 bridgehead atoms. The third-order valence-corrected chi connectivity index (χ3v) is 7.74. The van der Waals surface area contributed by atoms with Crippen LogP contribution in [0.15, 0.2) is 47.4 Å². The first kappa shape index (κ1) is 21.3. The SMILES string of the molecule is Cc1c([C@@H](O)CN2CC[C@@H](N(C#N)S(=O)(=O)c3ccccc3)C2)ccc2c1COC2=O. The summed E-state index contributed by atoms with van der Waals surface area (Å²) >= 11 is 0. The van der Waals surface area contributed by atoms with Crippen molar-refractivity contribution in [3.05, 3.63) is 64.7 Å². The van der Waals surface area contributed by atoms with E-state index in [1.807, 2.05) is 18.0 Å². The lowest BCUT2D eigenvalue weighted by Crippen LogP contribution is -2.39. The van der Waals surface area contributed by atoms with E-state index < -0.39 is 22.2 Å². The van der Waals surface area contributed by atoms with Crippen LogP contribution in [0.4, 0.5) is 0 Å². The Hall–Kier alpha value is -2.93. The molecule has 0 unspecified atom stereocenters. The predicted octanol–water partition coefficient (Wildman–Crippen LogP) is 1.95. The first-order chi connectivity index (χ1) is 14.8. The van der Waals surface area contributed by atoms with E-state index >= 15 is 0 Å². The smallest absolute Gasteiger partial charge is 0.338 e. The van der Waals surface area contributed by atoms with Gasteiger partial charge in [0.15, 0.2) is 6.19 Å². The number of fused-ring (bicyclic) bond motifs is 1. The molecule has 1 fully saturated rings. The maximum atomic E-state index is 12.9. The molecule has 8 nitrogen and oxygen atoms in total. The number of carbonyl (C=O) groups is 1. The van der Waals surface area contributed by atoms with Gasteiger partial charge in [-0.3, -0.25) is 4.90 Å². The van der Waals surface area contributed by atoms with Crippen LogP contribution in [-0.2, 0) is 21.4 Å². The zero-order valence-corrected chi connectivity index (χ0v) is 17.9. The molecule has 0 saturated carbocycles. The summed E-state index contributed by atoms with van der Waals surface area (Å²) < 4.78 is 31.7. The standard InChI is InChI=1S/C22H23N3O5S/c1-15-18(7-8-19-20(15)13-30-22(19)27)21(26)12-24-10-9-16(11-24)25(14-23)31(28,29)17-5-3-2-4-6-17/h2-8,16,21,26H,9-13H2,1H3/t16-,21+/m1/s1. The Bertz CT molecular complexity index is 1140. The molecular weight excluding hydrogens is 418 g/mol. The van der Waals surface area contributed by atoms with Gasteiger partial charge in [-0.15, -0.1) is 0 Å². The van der Waals surface area contributed by atoms with E-state index in [0.29, 0.717) is 31.6 Å². The fourth-order valence-electron chi connectivity index (χ4n) is 4.28. The quantitative estimate of drug-likeness (QED) is 0.414. The molecule has 0 aromatic heterocycles. The van der Waals surface area contributed by atoms with Crippen LogP contribution in [0.1, 0.15) is 39.6 Å². The number of rotatable bonds is 6. The Morgan fingerprint density at radius 2 is 2.03 bits per heavy atom. The van der Waals surface area contributed by atoms with Crippen LogP contribution < -0.4 is 0 Å². The van der Waals surface area contributed by atoms with E-state index in [0.717, 1.165) is 21.0 Å². The Morgan fingerprint density at radius 3 is 2.74 bits per heavy atom. The number of nitriles is 1. The molecule has 2 aromatic rings. The lowest BCUT2D eigenvalue weighted by atomic mass is 9.95. The van der Waals surface area contributed by atoms with Crippen LogP contribution in [0.2, 0.25) is 0 Å². The van der Waals surface area contributed by atoms with Gasteiger partial charge < -0.3 is 9.84 Å². The molecular formula is C22H23N3O5S. The minimum absolute atomic E-state index is 0.0839. The summed E-state index contributed by atoms with van der Waals surface area (Å²) in [6, 6.07) is 10.8. The Morgan fingerprint density at radius 1 is 1.29 bits per heavy atom. The van der Waals surface area contributed by atoms with E-state index in [1.165, 1.54) is 12.1 Å². The highest BCUT2D eigenvalue weighted by Crippen LogP contribution is 2.30. The minimum atomic E-state index is -3.92. The van der Waals surface area contributed by atoms with Gasteiger partial charge in [-0.25, -0.2) is 13.2 Å². The number of sulfonamides is 1. The monoisotopic (exact) mass is 441 g/mol. The molecule has 0 aliphatic carbocycles. The third-order valence-electron chi connectivity index (χ3n) is 5.98. The van der Waals surface area contributed by atoms with Gasteiger partial charge in [0.05, 0.1) is 22.6 Å². The van der Waals surface area contributed by atoms with Crippen molar-refractivity contribution < 1.29 is 23.1 Å². The van der Waals surface area contributed by atoms with Gasteiger partial charge in [0.25, 0.3) is 10.0 Å². The number of hydrogen-bond donors (Lipinski definition) is 1. The molecule has 31 heavy (non-hydrogen) atoms. The molecule has 1 saturated heterocycles. The van der Waals surface area contributed by atoms with Gasteiger partial charge in [0.2, 0.25) is 0 Å². The van der Waals surface area contributed by atoms with Crippen molar-refractivity contribution in [3.63, 3.8) is 0 Å². The Kier molecular flexibility index (Phi) is 5.71. The number of cyclic esters (lactones) is 1. The summed E-state index contributed by atoms with van der Waals surface area (Å²) in [5, 5.41) is 20.4. The fraction of sp³-hybridized carbons (Fsp3) is 0.364. The number of carbonyl (C=O) groups excluding carboxylic acids is 1. The minimum Gasteiger partial charge on any atom is -0.457 e. The largest absolute Gasteiger partial charge is 0.457 e. The van der Waals surface area contributed by atoms with Gasteiger partial charge in [-0.2, -0.15) is 9.57 Å². The van der Waals surface area contributed by atoms with Crippen molar-refractivity contribution in [2.24, 2.45) is 0 Å². The van der Waals surface area contributed by atoms with Crippen molar-refractivity contribution >= 4 is 16.0 Å². The molecule has 2 heterocycles. The summed E-state index contributed by atoms with van der Waals surface area (Å²) in [5.74, 6) is -0.349. The number of benzene rings is 2. The zero-order chi connectivity index (χ0) is 22.2. The topological polar surface area (TPSA) is 111 Å². The maximum absolute atomic E-state index is 12.9. The first-order valence-corrected chi connectivity index (χ1v) is 11.5. The van der Waals surface area contributed by atoms with Crippen LogP contribution >= 0.6 is 0 Å². The number of nitrogens with zero attached hydrogens (tertiary/aromatic N) is 3. The Balaban J connectivity index is 1.46. The number of ether oxygens (including phenoxy) is 1. The molecule has 9 heteroatoms. The van der Waals surface area contributed by atoms with Crippen LogP contribution in [0.3, 0.4) is 0 Å². The molecule has 2 aliphatic heterocycles. The van der Waals surface area contributed by atoms with Crippen LogP contribution in [0.25, 0.3) is 0 Å². The molecule has 2 aromatic carbocycles. The average molecular weight is 442 g/mol. The molecule has 0 spiro atoms. The van der Waals surface area contributed by atoms with Crippen molar-refractivity contribution in [3.8, 4) is 6.19 Å². The molecule has 2 aliphatic rings. The van der Waals surface area contributed by atoms with E-state index in [-0.39, 0.29) is 17.5 Å². The van der Waals surface area contributed by atoms with Crippen molar-refractivity contribution in [1.29, 1.82) is 5.26 Å². The number of hydrogen-bond acceptors (Lipinski definition) is 7. The number of aliphatic hydroxyl groups excluding tert-OH is 1. The number of β-amino-alcohol motifs (C(OH)–C–C–N with tert-alkyl or cyclic N) is 1. The van der Waals surface area contributed by atoms with Gasteiger partial charge in [-0.05, 0) is 42.7 Å². The second-order valence-electron chi connectivity index (χ2n) is 7.81. The van der Waals surface area contributed by atoms with Gasteiger partial charge in [0, 0.05) is 25.2 Å². The lowest BCUT2D eigenvalue weighted by molar-refractivity contribution is 0.0535. The summed E-state index contributed by atoms with van der Waals surface area (Å²) in [7, 11) is -3.92. The first-order valence-electron chi connectivity index (χ1n) is 10.0. The summed E-state index contributed by atoms with van der Waals surface area (Å²) in [5.41, 5.74) is 2.88. The van der Waals surface area contributed by atoms with Gasteiger partial charge >= 0.3 is 5.97 Å². The van der Waals surface area contributed by atoms with Gasteiger partial charge in [-0.1, -0.05) is 24.3 Å². The molecule has 0 amide bonds. The molecule has 0 radical (unpaired) electrons. The summed E-state index contributed by atoms with van der Waals surface area (Å²) in [6.45, 7) is 3.28. The highest BCUT2D eigenvalue weighted by Gasteiger charge is 2.36. The summed E-state index contributed by atoms with van der Waals surface area (Å²) in [4.78, 5) is 13.8. The van der Waals surface area contributed by atoms with Crippen molar-refractivity contribution in [1.82, 2.24) is 9.21 Å². The average Bonchev–Trinajstić information content (AvgIpc) is 3.36. The number of aliphatic hydroxyl groups is 1. The van der Waals surface area contributed by atoms with E-state index in [9.17, 15) is 23.6 Å². The highest BCUT2D eigenvalue weighted by atomic mass is 32.2. The van der Waals surface area contributed by atoms with Crippen LogP contribution in [0, 0.1) is 18.4 Å².